The predicted octanol–water partition coefficient (Wildman–Crippen LogP) is 4.05. The predicted molar refractivity (Wildman–Crippen MR) is 88.6 cm³/mol. The summed E-state index contributed by atoms with van der Waals surface area (Å²) < 4.78 is 0. The van der Waals surface area contributed by atoms with Crippen molar-refractivity contribution in [2.75, 3.05) is 18.0 Å². The third kappa shape index (κ3) is 4.45. The Morgan fingerprint density at radius 3 is 2.80 bits per heavy atom. The molecule has 1 aromatic heterocycles. The minimum Gasteiger partial charge on any atom is -0.345 e. The fraction of sp³-hybridized carbons (Fsp3) is 0.812. The molecule has 0 aromatic carbocycles. The number of nitrogens with one attached hydrogen (secondary N) is 1. The van der Waals surface area contributed by atoms with Gasteiger partial charge in [0.05, 0.1) is 0 Å². The van der Waals surface area contributed by atoms with E-state index in [2.05, 4.69) is 37.2 Å². The molecule has 2 rings (SSSR count). The Labute approximate surface area is 127 Å². The Balaban J connectivity index is 2.02. The third-order valence-corrected chi connectivity index (χ3v) is 5.08. The molecule has 3 nitrogen and oxygen atoms in total. The topological polar surface area (TPSA) is 28.2 Å². The van der Waals surface area contributed by atoms with Gasteiger partial charge >= 0.3 is 0 Å². The lowest BCUT2D eigenvalue weighted by molar-refractivity contribution is 0.528. The number of anilines is 1. The second kappa shape index (κ2) is 7.99. The fourth-order valence-corrected chi connectivity index (χ4v) is 3.78. The molecule has 1 aliphatic carbocycles. The Morgan fingerprint density at radius 1 is 1.40 bits per heavy atom. The molecule has 0 atom stereocenters. The standard InChI is InChI=1S/C16H29N3S/c1-4-17-11-15-12-18-16(20-15)19(10-9-13(2)3)14-7-5-6-8-14/h12-14,17H,4-11H2,1-3H3. The summed E-state index contributed by atoms with van der Waals surface area (Å²) in [6.07, 6.45) is 8.79. The number of nitrogens with zero attached hydrogens (tertiary/aromatic N) is 2. The molecule has 1 fully saturated rings. The molecule has 0 saturated heterocycles. The van der Waals surface area contributed by atoms with Crippen molar-refractivity contribution in [2.45, 2.75) is 65.5 Å². The van der Waals surface area contributed by atoms with Gasteiger partial charge < -0.3 is 10.2 Å². The maximum absolute atomic E-state index is 4.70. The highest BCUT2D eigenvalue weighted by molar-refractivity contribution is 7.15. The highest BCUT2D eigenvalue weighted by atomic mass is 32.1. The van der Waals surface area contributed by atoms with E-state index in [1.165, 1.54) is 42.1 Å². The molecule has 0 radical (unpaired) electrons. The summed E-state index contributed by atoms with van der Waals surface area (Å²) in [6.45, 7) is 9.91. The smallest absolute Gasteiger partial charge is 0.185 e. The molecule has 0 aliphatic heterocycles. The van der Waals surface area contributed by atoms with Crippen LogP contribution >= 0.6 is 11.3 Å². The van der Waals surface area contributed by atoms with Crippen LogP contribution in [0.4, 0.5) is 5.13 Å². The van der Waals surface area contributed by atoms with E-state index in [1.807, 2.05) is 11.3 Å². The third-order valence-electron chi connectivity index (χ3n) is 4.05. The molecule has 4 heteroatoms. The van der Waals surface area contributed by atoms with Crippen LogP contribution in [0, 0.1) is 5.92 Å². The van der Waals surface area contributed by atoms with Crippen molar-refractivity contribution in [3.8, 4) is 0 Å². The fourth-order valence-electron chi connectivity index (χ4n) is 2.81. The van der Waals surface area contributed by atoms with E-state index in [9.17, 15) is 0 Å². The average molecular weight is 295 g/mol. The van der Waals surface area contributed by atoms with E-state index in [0.29, 0.717) is 0 Å². The molecule has 114 valence electrons. The van der Waals surface area contributed by atoms with Gasteiger partial charge in [-0.3, -0.25) is 0 Å². The lowest BCUT2D eigenvalue weighted by Crippen LogP contribution is -2.34. The Morgan fingerprint density at radius 2 is 2.15 bits per heavy atom. The number of thiazole rings is 1. The number of hydrogen-bond donors (Lipinski definition) is 1. The van der Waals surface area contributed by atoms with Gasteiger partial charge in [-0.05, 0) is 31.7 Å². The van der Waals surface area contributed by atoms with Crippen LogP contribution in [0.25, 0.3) is 0 Å². The molecular weight excluding hydrogens is 266 g/mol. The Hall–Kier alpha value is -0.610. The average Bonchev–Trinajstić information content (AvgIpc) is 3.08. The van der Waals surface area contributed by atoms with Crippen LogP contribution in [0.3, 0.4) is 0 Å². The van der Waals surface area contributed by atoms with Gasteiger partial charge in [-0.15, -0.1) is 11.3 Å². The zero-order chi connectivity index (χ0) is 14.4. The maximum Gasteiger partial charge on any atom is 0.185 e. The summed E-state index contributed by atoms with van der Waals surface area (Å²) in [7, 11) is 0. The van der Waals surface area contributed by atoms with Gasteiger partial charge in [0.15, 0.2) is 5.13 Å². The first-order valence-electron chi connectivity index (χ1n) is 8.12. The highest BCUT2D eigenvalue weighted by Gasteiger charge is 2.24. The van der Waals surface area contributed by atoms with E-state index in [4.69, 9.17) is 4.98 Å². The van der Waals surface area contributed by atoms with Gasteiger partial charge in [0.25, 0.3) is 0 Å². The van der Waals surface area contributed by atoms with Crippen molar-refractivity contribution in [3.63, 3.8) is 0 Å². The van der Waals surface area contributed by atoms with Crippen molar-refractivity contribution in [1.82, 2.24) is 10.3 Å². The van der Waals surface area contributed by atoms with Crippen LogP contribution in [-0.4, -0.2) is 24.1 Å². The van der Waals surface area contributed by atoms with Crippen LogP contribution in [0.5, 0.6) is 0 Å². The van der Waals surface area contributed by atoms with Gasteiger partial charge in [-0.1, -0.05) is 33.6 Å². The molecule has 1 heterocycles. The zero-order valence-electron chi connectivity index (χ0n) is 13.2. The number of aromatic nitrogens is 1. The Kier molecular flexibility index (Phi) is 6.30. The van der Waals surface area contributed by atoms with Crippen molar-refractivity contribution in [2.24, 2.45) is 5.92 Å². The first-order chi connectivity index (χ1) is 9.70. The first kappa shape index (κ1) is 15.8. The normalized spacial score (nSPS) is 16.2. The Bertz CT molecular complexity index is 383. The van der Waals surface area contributed by atoms with E-state index in [0.717, 1.165) is 31.6 Å². The molecule has 0 unspecified atom stereocenters. The molecule has 0 amide bonds. The minimum atomic E-state index is 0.729. The molecule has 0 spiro atoms. The van der Waals surface area contributed by atoms with Crippen LogP contribution in [0.15, 0.2) is 6.20 Å². The largest absolute Gasteiger partial charge is 0.345 e. The van der Waals surface area contributed by atoms with Gasteiger partial charge in [0.2, 0.25) is 0 Å². The molecule has 0 bridgehead atoms. The van der Waals surface area contributed by atoms with Crippen molar-refractivity contribution in [1.29, 1.82) is 0 Å². The zero-order valence-corrected chi connectivity index (χ0v) is 14.0. The molecular formula is C16H29N3S. The van der Waals surface area contributed by atoms with E-state index < -0.39 is 0 Å². The second-order valence-electron chi connectivity index (χ2n) is 6.20. The summed E-state index contributed by atoms with van der Waals surface area (Å²) >= 11 is 1.87. The number of rotatable bonds is 8. The van der Waals surface area contributed by atoms with Gasteiger partial charge in [0.1, 0.15) is 0 Å². The van der Waals surface area contributed by atoms with E-state index in [1.54, 1.807) is 0 Å². The second-order valence-corrected chi connectivity index (χ2v) is 7.30. The lowest BCUT2D eigenvalue weighted by Gasteiger charge is -2.29. The highest BCUT2D eigenvalue weighted by Crippen LogP contribution is 2.31. The lowest BCUT2D eigenvalue weighted by atomic mass is 10.1. The SMILES string of the molecule is CCNCc1cnc(N(CCC(C)C)C2CCCC2)s1. The molecule has 1 saturated carbocycles. The minimum absolute atomic E-state index is 0.729. The molecule has 1 aromatic rings. The number of hydrogen-bond acceptors (Lipinski definition) is 4. The summed E-state index contributed by atoms with van der Waals surface area (Å²) in [5.41, 5.74) is 0. The summed E-state index contributed by atoms with van der Waals surface area (Å²) in [4.78, 5) is 8.64. The first-order valence-corrected chi connectivity index (χ1v) is 8.94. The van der Waals surface area contributed by atoms with Crippen LogP contribution in [-0.2, 0) is 6.54 Å². The summed E-state index contributed by atoms with van der Waals surface area (Å²) in [6, 6.07) is 0.729. The van der Waals surface area contributed by atoms with Gasteiger partial charge in [0, 0.05) is 30.2 Å². The van der Waals surface area contributed by atoms with Crippen molar-refractivity contribution in [3.05, 3.63) is 11.1 Å². The van der Waals surface area contributed by atoms with Gasteiger partial charge in [-0.2, -0.15) is 0 Å². The molecule has 20 heavy (non-hydrogen) atoms. The van der Waals surface area contributed by atoms with Crippen molar-refractivity contribution >= 4 is 16.5 Å². The van der Waals surface area contributed by atoms with Crippen molar-refractivity contribution < 1.29 is 0 Å². The summed E-state index contributed by atoms with van der Waals surface area (Å²) in [5, 5.41) is 4.63. The quantitative estimate of drug-likeness (QED) is 0.784. The van der Waals surface area contributed by atoms with E-state index >= 15 is 0 Å². The van der Waals surface area contributed by atoms with E-state index in [-0.39, 0.29) is 0 Å². The van der Waals surface area contributed by atoms with Crippen LogP contribution < -0.4 is 10.2 Å². The molecule has 1 N–H and O–H groups in total. The maximum atomic E-state index is 4.70. The molecule has 1 aliphatic rings. The summed E-state index contributed by atoms with van der Waals surface area (Å²) in [5.74, 6) is 0.764. The van der Waals surface area contributed by atoms with Crippen LogP contribution in [0.2, 0.25) is 0 Å². The van der Waals surface area contributed by atoms with Gasteiger partial charge in [-0.25, -0.2) is 4.98 Å². The van der Waals surface area contributed by atoms with Crippen LogP contribution in [0.1, 0.15) is 57.8 Å². The monoisotopic (exact) mass is 295 g/mol.